The van der Waals surface area contributed by atoms with E-state index in [1.165, 1.54) is 25.3 Å². The average molecular weight is 306 g/mol. The van der Waals surface area contributed by atoms with E-state index >= 15 is 0 Å². The zero-order valence-electron chi connectivity index (χ0n) is 12.4. The van der Waals surface area contributed by atoms with Crippen LogP contribution in [-0.2, 0) is 4.74 Å². The summed E-state index contributed by atoms with van der Waals surface area (Å²) in [5.41, 5.74) is -0.108. The van der Waals surface area contributed by atoms with Gasteiger partial charge in [-0.2, -0.15) is 0 Å². The molecule has 0 spiro atoms. The fourth-order valence-corrected chi connectivity index (χ4v) is 2.87. The van der Waals surface area contributed by atoms with Crippen LogP contribution in [0.15, 0.2) is 18.2 Å². The summed E-state index contributed by atoms with van der Waals surface area (Å²) in [5.74, 6) is 0.574. The van der Waals surface area contributed by atoms with Crippen molar-refractivity contribution < 1.29 is 19.2 Å². The van der Waals surface area contributed by atoms with Gasteiger partial charge in [0.1, 0.15) is 11.3 Å². The first kappa shape index (κ1) is 14.8. The van der Waals surface area contributed by atoms with Gasteiger partial charge in [-0.05, 0) is 30.9 Å². The van der Waals surface area contributed by atoms with Gasteiger partial charge in [-0.3, -0.25) is 14.9 Å². The summed E-state index contributed by atoms with van der Waals surface area (Å²) < 4.78 is 10.6. The molecule has 1 aromatic rings. The lowest BCUT2D eigenvalue weighted by Gasteiger charge is -2.35. The molecular weight excluding hydrogens is 288 g/mol. The number of carbonyl (C=O) groups is 1. The number of methoxy groups -OCH3 is 1. The normalized spacial score (nSPS) is 21.5. The van der Waals surface area contributed by atoms with Crippen LogP contribution in [0.2, 0.25) is 0 Å². The molecule has 7 heteroatoms. The first-order valence-corrected chi connectivity index (χ1v) is 7.33. The number of hydrogen-bond acceptors (Lipinski definition) is 5. The molecule has 1 atom stereocenters. The van der Waals surface area contributed by atoms with Gasteiger partial charge >= 0.3 is 0 Å². The van der Waals surface area contributed by atoms with Gasteiger partial charge in [0.15, 0.2) is 0 Å². The van der Waals surface area contributed by atoms with E-state index in [1.807, 2.05) is 0 Å². The molecule has 118 valence electrons. The summed E-state index contributed by atoms with van der Waals surface area (Å²) >= 11 is 0. The van der Waals surface area contributed by atoms with Crippen LogP contribution in [0.4, 0.5) is 5.69 Å². The van der Waals surface area contributed by atoms with Crippen molar-refractivity contribution in [2.24, 2.45) is 5.92 Å². The van der Waals surface area contributed by atoms with Crippen molar-refractivity contribution in [1.82, 2.24) is 4.90 Å². The van der Waals surface area contributed by atoms with Crippen molar-refractivity contribution in [3.63, 3.8) is 0 Å². The van der Waals surface area contributed by atoms with Gasteiger partial charge in [-0.1, -0.05) is 0 Å². The number of hydrogen-bond donors (Lipinski definition) is 0. The third kappa shape index (κ3) is 2.76. The van der Waals surface area contributed by atoms with Gasteiger partial charge in [0, 0.05) is 12.6 Å². The number of morpholine rings is 1. The Hall–Kier alpha value is -2.15. The van der Waals surface area contributed by atoms with E-state index in [0.29, 0.717) is 31.4 Å². The van der Waals surface area contributed by atoms with Crippen molar-refractivity contribution in [1.29, 1.82) is 0 Å². The molecule has 3 rings (SSSR count). The number of rotatable bonds is 4. The topological polar surface area (TPSA) is 81.9 Å². The van der Waals surface area contributed by atoms with Gasteiger partial charge in [-0.15, -0.1) is 0 Å². The Bertz CT molecular complexity index is 600. The molecular formula is C15H18N2O5. The molecule has 1 saturated heterocycles. The van der Waals surface area contributed by atoms with Crippen LogP contribution in [0.5, 0.6) is 5.75 Å². The van der Waals surface area contributed by atoms with Crippen molar-refractivity contribution in [3.8, 4) is 5.75 Å². The Kier molecular flexibility index (Phi) is 3.98. The van der Waals surface area contributed by atoms with E-state index in [9.17, 15) is 14.9 Å². The van der Waals surface area contributed by atoms with Crippen molar-refractivity contribution >= 4 is 11.6 Å². The van der Waals surface area contributed by atoms with Gasteiger partial charge in [0.2, 0.25) is 0 Å². The molecule has 0 N–H and O–H groups in total. The monoisotopic (exact) mass is 306 g/mol. The maximum absolute atomic E-state index is 12.8. The number of nitrogens with zero attached hydrogens (tertiary/aromatic N) is 2. The summed E-state index contributed by atoms with van der Waals surface area (Å²) in [6.07, 6.45) is 2.16. The van der Waals surface area contributed by atoms with E-state index in [0.717, 1.165) is 12.8 Å². The highest BCUT2D eigenvalue weighted by Gasteiger charge is 2.40. The highest BCUT2D eigenvalue weighted by Crippen LogP contribution is 2.37. The van der Waals surface area contributed by atoms with Gasteiger partial charge in [0.25, 0.3) is 11.6 Å². The van der Waals surface area contributed by atoms with Crippen molar-refractivity contribution in [3.05, 3.63) is 33.9 Å². The summed E-state index contributed by atoms with van der Waals surface area (Å²) in [7, 11) is 1.47. The van der Waals surface area contributed by atoms with Crippen molar-refractivity contribution in [2.45, 2.75) is 18.9 Å². The average Bonchev–Trinajstić information content (AvgIpc) is 3.38. The van der Waals surface area contributed by atoms with E-state index in [1.54, 1.807) is 4.90 Å². The number of ether oxygens (including phenoxy) is 2. The molecule has 0 radical (unpaired) electrons. The molecule has 1 heterocycles. The van der Waals surface area contributed by atoms with Crippen LogP contribution < -0.4 is 4.74 Å². The number of amides is 1. The highest BCUT2D eigenvalue weighted by molar-refractivity contribution is 5.98. The van der Waals surface area contributed by atoms with Crippen LogP contribution >= 0.6 is 0 Å². The minimum absolute atomic E-state index is 0.0204. The number of nitro groups is 1. The summed E-state index contributed by atoms with van der Waals surface area (Å²) in [4.78, 5) is 25.2. The molecule has 1 aliphatic carbocycles. The maximum atomic E-state index is 12.8. The second kappa shape index (κ2) is 5.92. The minimum Gasteiger partial charge on any atom is -0.497 e. The summed E-state index contributed by atoms with van der Waals surface area (Å²) in [5, 5.41) is 11.2. The lowest BCUT2D eigenvalue weighted by Crippen LogP contribution is -2.49. The molecule has 2 aliphatic rings. The van der Waals surface area contributed by atoms with E-state index in [-0.39, 0.29) is 23.2 Å². The molecule has 7 nitrogen and oxygen atoms in total. The zero-order chi connectivity index (χ0) is 15.7. The molecule has 1 unspecified atom stereocenters. The molecule has 1 amide bonds. The van der Waals surface area contributed by atoms with Crippen LogP contribution in [0.3, 0.4) is 0 Å². The van der Waals surface area contributed by atoms with Gasteiger partial charge in [0.05, 0.1) is 31.3 Å². The Balaban J connectivity index is 1.94. The summed E-state index contributed by atoms with van der Waals surface area (Å²) in [6, 6.07) is 4.28. The standard InChI is InChI=1S/C15H18N2O5/c1-21-11-4-5-13(17(19)20)12(8-11)15(18)16-6-7-22-9-14(16)10-2-3-10/h4-5,8,10,14H,2-3,6-7,9H2,1H3. The van der Waals surface area contributed by atoms with Crippen LogP contribution in [0.1, 0.15) is 23.2 Å². The molecule has 1 saturated carbocycles. The number of benzene rings is 1. The fraction of sp³-hybridized carbons (Fsp3) is 0.533. The predicted octanol–water partition coefficient (Wildman–Crippen LogP) is 1.85. The summed E-state index contributed by atoms with van der Waals surface area (Å²) in [6.45, 7) is 1.44. The Morgan fingerprint density at radius 3 is 2.86 bits per heavy atom. The predicted molar refractivity (Wildman–Crippen MR) is 78.0 cm³/mol. The lowest BCUT2D eigenvalue weighted by atomic mass is 10.1. The molecule has 0 aromatic heterocycles. The first-order chi connectivity index (χ1) is 10.6. The Morgan fingerprint density at radius 2 is 2.23 bits per heavy atom. The smallest absolute Gasteiger partial charge is 0.282 e. The third-order valence-corrected chi connectivity index (χ3v) is 4.22. The zero-order valence-corrected chi connectivity index (χ0v) is 12.4. The quantitative estimate of drug-likeness (QED) is 0.626. The van der Waals surface area contributed by atoms with E-state index < -0.39 is 4.92 Å². The van der Waals surface area contributed by atoms with E-state index in [2.05, 4.69) is 0 Å². The number of nitro benzene ring substituents is 1. The lowest BCUT2D eigenvalue weighted by molar-refractivity contribution is -0.385. The molecule has 22 heavy (non-hydrogen) atoms. The largest absolute Gasteiger partial charge is 0.497 e. The molecule has 0 bridgehead atoms. The van der Waals surface area contributed by atoms with Crippen molar-refractivity contribution in [2.75, 3.05) is 26.9 Å². The molecule has 1 aromatic carbocycles. The fourth-order valence-electron chi connectivity index (χ4n) is 2.87. The Morgan fingerprint density at radius 1 is 1.45 bits per heavy atom. The van der Waals surface area contributed by atoms with Crippen LogP contribution in [0.25, 0.3) is 0 Å². The minimum atomic E-state index is -0.529. The number of carbonyl (C=O) groups excluding carboxylic acids is 1. The molecule has 1 aliphatic heterocycles. The Labute approximate surface area is 128 Å². The maximum Gasteiger partial charge on any atom is 0.282 e. The SMILES string of the molecule is COc1ccc([N+](=O)[O-])c(C(=O)N2CCOCC2C2CC2)c1. The second-order valence-corrected chi connectivity index (χ2v) is 5.62. The second-order valence-electron chi connectivity index (χ2n) is 5.62. The molecule has 2 fully saturated rings. The van der Waals surface area contributed by atoms with Crippen LogP contribution in [-0.4, -0.2) is 48.6 Å². The third-order valence-electron chi connectivity index (χ3n) is 4.22. The van der Waals surface area contributed by atoms with Gasteiger partial charge < -0.3 is 14.4 Å². The van der Waals surface area contributed by atoms with Crippen LogP contribution in [0, 0.1) is 16.0 Å². The van der Waals surface area contributed by atoms with E-state index in [4.69, 9.17) is 9.47 Å². The first-order valence-electron chi connectivity index (χ1n) is 7.33. The highest BCUT2D eigenvalue weighted by atomic mass is 16.6. The van der Waals surface area contributed by atoms with Gasteiger partial charge in [-0.25, -0.2) is 0 Å².